The Morgan fingerprint density at radius 2 is 2.11 bits per heavy atom. The predicted octanol–water partition coefficient (Wildman–Crippen LogP) is 0.587. The summed E-state index contributed by atoms with van der Waals surface area (Å²) in [6.07, 6.45) is 0.164. The molecule has 0 spiro atoms. The average Bonchev–Trinajstić information content (AvgIpc) is 2.59. The summed E-state index contributed by atoms with van der Waals surface area (Å²) < 4.78 is 5.22. The van der Waals surface area contributed by atoms with Gasteiger partial charge in [0, 0.05) is 13.1 Å². The van der Waals surface area contributed by atoms with Crippen LogP contribution < -0.4 is 5.32 Å². The van der Waals surface area contributed by atoms with Crippen molar-refractivity contribution in [2.45, 2.75) is 44.8 Å². The standard InChI is InChI=1S/C12H20N2O5/c1-11(2,3)19-10(18)14-5-4-12(7-14,13-8-15)6-9(16)17/h8H,4-7H2,1-3H3,(H,13,15)(H,16,17). The van der Waals surface area contributed by atoms with Crippen LogP contribution in [0.1, 0.15) is 33.6 Å². The van der Waals surface area contributed by atoms with Crippen LogP contribution in [0.5, 0.6) is 0 Å². The Bertz CT molecular complexity index is 377. The Morgan fingerprint density at radius 3 is 2.58 bits per heavy atom. The third-order valence-electron chi connectivity index (χ3n) is 2.86. The molecule has 0 aliphatic carbocycles. The lowest BCUT2D eigenvalue weighted by Gasteiger charge is -2.28. The van der Waals surface area contributed by atoms with Crippen LogP contribution >= 0.6 is 0 Å². The Hall–Kier alpha value is -1.79. The first-order chi connectivity index (χ1) is 8.67. The molecule has 19 heavy (non-hydrogen) atoms. The van der Waals surface area contributed by atoms with Gasteiger partial charge in [-0.15, -0.1) is 0 Å². The minimum Gasteiger partial charge on any atom is -0.481 e. The number of carboxylic acids is 1. The molecule has 2 amide bonds. The second-order valence-corrected chi connectivity index (χ2v) is 5.76. The lowest BCUT2D eigenvalue weighted by molar-refractivity contribution is -0.138. The van der Waals surface area contributed by atoms with Crippen molar-refractivity contribution in [1.82, 2.24) is 10.2 Å². The Labute approximate surface area is 111 Å². The van der Waals surface area contributed by atoms with Gasteiger partial charge in [-0.2, -0.15) is 0 Å². The molecule has 7 heteroatoms. The molecule has 1 unspecified atom stereocenters. The van der Waals surface area contributed by atoms with Crippen LogP contribution in [0, 0.1) is 0 Å². The molecule has 0 saturated carbocycles. The molecular formula is C12H20N2O5. The third kappa shape index (κ3) is 4.42. The zero-order valence-electron chi connectivity index (χ0n) is 11.4. The highest BCUT2D eigenvalue weighted by Gasteiger charge is 2.42. The van der Waals surface area contributed by atoms with Crippen molar-refractivity contribution in [3.63, 3.8) is 0 Å². The summed E-state index contributed by atoms with van der Waals surface area (Å²) in [6, 6.07) is 0. The summed E-state index contributed by atoms with van der Waals surface area (Å²) in [6.45, 7) is 5.79. The summed E-state index contributed by atoms with van der Waals surface area (Å²) in [5.74, 6) is -1.01. The van der Waals surface area contributed by atoms with E-state index < -0.39 is 23.2 Å². The molecule has 2 N–H and O–H groups in total. The number of ether oxygens (including phenoxy) is 1. The first kappa shape index (κ1) is 15.3. The van der Waals surface area contributed by atoms with Gasteiger partial charge >= 0.3 is 12.1 Å². The smallest absolute Gasteiger partial charge is 0.410 e. The number of nitrogens with zero attached hydrogens (tertiary/aromatic N) is 1. The van der Waals surface area contributed by atoms with Crippen molar-refractivity contribution >= 4 is 18.5 Å². The van der Waals surface area contributed by atoms with Crippen molar-refractivity contribution in [2.24, 2.45) is 0 Å². The van der Waals surface area contributed by atoms with E-state index in [4.69, 9.17) is 9.84 Å². The van der Waals surface area contributed by atoms with E-state index in [1.165, 1.54) is 4.90 Å². The molecular weight excluding hydrogens is 252 g/mol. The average molecular weight is 272 g/mol. The van der Waals surface area contributed by atoms with Gasteiger partial charge in [0.2, 0.25) is 6.41 Å². The fourth-order valence-corrected chi connectivity index (χ4v) is 2.08. The first-order valence-corrected chi connectivity index (χ1v) is 6.08. The van der Waals surface area contributed by atoms with E-state index in [0.717, 1.165) is 0 Å². The Balaban J connectivity index is 2.70. The van der Waals surface area contributed by atoms with Crippen LogP contribution in [0.25, 0.3) is 0 Å². The van der Waals surface area contributed by atoms with Crippen molar-refractivity contribution < 1.29 is 24.2 Å². The van der Waals surface area contributed by atoms with Gasteiger partial charge in [-0.3, -0.25) is 9.59 Å². The number of rotatable bonds is 4. The molecule has 1 saturated heterocycles. The topological polar surface area (TPSA) is 95.9 Å². The SMILES string of the molecule is CC(C)(C)OC(=O)N1CCC(CC(=O)O)(NC=O)C1. The number of aliphatic carboxylic acids is 1. The lowest BCUT2D eigenvalue weighted by Crippen LogP contribution is -2.49. The van der Waals surface area contributed by atoms with E-state index in [1.807, 2.05) is 0 Å². The van der Waals surface area contributed by atoms with E-state index in [9.17, 15) is 14.4 Å². The van der Waals surface area contributed by atoms with Crippen molar-refractivity contribution in [1.29, 1.82) is 0 Å². The molecule has 1 rings (SSSR count). The summed E-state index contributed by atoms with van der Waals surface area (Å²) in [7, 11) is 0. The van der Waals surface area contributed by atoms with Crippen LogP contribution in [0.3, 0.4) is 0 Å². The van der Waals surface area contributed by atoms with Gasteiger partial charge in [-0.05, 0) is 27.2 Å². The predicted molar refractivity (Wildman–Crippen MR) is 66.6 cm³/mol. The molecule has 1 heterocycles. The Morgan fingerprint density at radius 1 is 1.47 bits per heavy atom. The fourth-order valence-electron chi connectivity index (χ4n) is 2.08. The highest BCUT2D eigenvalue weighted by Crippen LogP contribution is 2.26. The molecule has 0 aromatic rings. The normalized spacial score (nSPS) is 23.0. The Kier molecular flexibility index (Phi) is 4.39. The number of carboxylic acid groups (broad SMARTS) is 1. The molecule has 1 aliphatic rings. The quantitative estimate of drug-likeness (QED) is 0.730. The van der Waals surface area contributed by atoms with Crippen molar-refractivity contribution in [3.05, 3.63) is 0 Å². The second-order valence-electron chi connectivity index (χ2n) is 5.76. The minimum absolute atomic E-state index is 0.146. The fraction of sp³-hybridized carbons (Fsp3) is 0.750. The summed E-state index contributed by atoms with van der Waals surface area (Å²) in [5.41, 5.74) is -1.50. The van der Waals surface area contributed by atoms with Crippen LogP contribution in [0.4, 0.5) is 4.79 Å². The van der Waals surface area contributed by atoms with Crippen LogP contribution in [0.2, 0.25) is 0 Å². The van der Waals surface area contributed by atoms with E-state index in [0.29, 0.717) is 19.4 Å². The van der Waals surface area contributed by atoms with Gasteiger partial charge in [-0.25, -0.2) is 4.79 Å². The maximum absolute atomic E-state index is 11.9. The van der Waals surface area contributed by atoms with Gasteiger partial charge < -0.3 is 20.1 Å². The van der Waals surface area contributed by atoms with Gasteiger partial charge in [0.15, 0.2) is 0 Å². The van der Waals surface area contributed by atoms with E-state index in [1.54, 1.807) is 20.8 Å². The highest BCUT2D eigenvalue weighted by molar-refractivity contribution is 5.72. The maximum Gasteiger partial charge on any atom is 0.410 e. The number of carbonyl (C=O) groups is 3. The number of nitrogens with one attached hydrogen (secondary N) is 1. The summed E-state index contributed by atoms with van der Waals surface area (Å²) in [4.78, 5) is 34.8. The molecule has 0 radical (unpaired) electrons. The van der Waals surface area contributed by atoms with E-state index in [-0.39, 0.29) is 13.0 Å². The molecule has 108 valence electrons. The van der Waals surface area contributed by atoms with Crippen molar-refractivity contribution in [3.8, 4) is 0 Å². The van der Waals surface area contributed by atoms with Crippen LogP contribution in [-0.4, -0.2) is 52.7 Å². The first-order valence-electron chi connectivity index (χ1n) is 6.08. The molecule has 1 atom stereocenters. The van der Waals surface area contributed by atoms with Gasteiger partial charge in [0.05, 0.1) is 12.0 Å². The highest BCUT2D eigenvalue weighted by atomic mass is 16.6. The lowest BCUT2D eigenvalue weighted by atomic mass is 9.94. The second kappa shape index (κ2) is 5.46. The summed E-state index contributed by atoms with van der Waals surface area (Å²) in [5, 5.41) is 11.4. The molecule has 1 fully saturated rings. The number of hydrogen-bond donors (Lipinski definition) is 2. The number of likely N-dealkylation sites (tertiary alicyclic amines) is 1. The maximum atomic E-state index is 11.9. The molecule has 0 aromatic carbocycles. The van der Waals surface area contributed by atoms with Crippen LogP contribution in [-0.2, 0) is 14.3 Å². The zero-order valence-corrected chi connectivity index (χ0v) is 11.4. The monoisotopic (exact) mass is 272 g/mol. The molecule has 7 nitrogen and oxygen atoms in total. The van der Waals surface area contributed by atoms with E-state index in [2.05, 4.69) is 5.32 Å². The molecule has 1 aliphatic heterocycles. The van der Waals surface area contributed by atoms with Crippen molar-refractivity contribution in [2.75, 3.05) is 13.1 Å². The number of amides is 2. The van der Waals surface area contributed by atoms with Gasteiger partial charge in [0.25, 0.3) is 0 Å². The number of hydrogen-bond acceptors (Lipinski definition) is 4. The third-order valence-corrected chi connectivity index (χ3v) is 2.86. The van der Waals surface area contributed by atoms with E-state index >= 15 is 0 Å². The van der Waals surface area contributed by atoms with Gasteiger partial charge in [0.1, 0.15) is 5.60 Å². The summed E-state index contributed by atoms with van der Waals surface area (Å²) >= 11 is 0. The molecule has 0 bridgehead atoms. The largest absolute Gasteiger partial charge is 0.481 e. The van der Waals surface area contributed by atoms with Crippen LogP contribution in [0.15, 0.2) is 0 Å². The molecule has 0 aromatic heterocycles. The number of carbonyl (C=O) groups excluding carboxylic acids is 2. The van der Waals surface area contributed by atoms with Gasteiger partial charge in [-0.1, -0.05) is 0 Å². The minimum atomic E-state index is -1.01. The zero-order chi connectivity index (χ0) is 14.7.